The van der Waals surface area contributed by atoms with E-state index in [1.54, 1.807) is 11.3 Å². The van der Waals surface area contributed by atoms with Crippen LogP contribution < -0.4 is 5.32 Å². The number of rotatable bonds is 7. The first-order valence-electron chi connectivity index (χ1n) is 6.51. The zero-order valence-electron chi connectivity index (χ0n) is 11.2. The van der Waals surface area contributed by atoms with Gasteiger partial charge in [0, 0.05) is 23.7 Å². The number of aromatic carboxylic acids is 1. The predicted molar refractivity (Wildman–Crippen MR) is 77.8 cm³/mol. The molecule has 2 aromatic rings. The monoisotopic (exact) mass is 291 g/mol. The normalized spacial score (nSPS) is 12.2. The molecule has 106 valence electrons. The zero-order chi connectivity index (χ0) is 14.4. The minimum absolute atomic E-state index is 0.154. The lowest BCUT2D eigenvalue weighted by Crippen LogP contribution is -2.22. The summed E-state index contributed by atoms with van der Waals surface area (Å²) in [6.07, 6.45) is 4.79. The molecule has 0 aliphatic heterocycles. The molecule has 0 fully saturated rings. The van der Waals surface area contributed by atoms with Crippen LogP contribution in [0.15, 0.2) is 30.0 Å². The van der Waals surface area contributed by atoms with Gasteiger partial charge >= 0.3 is 5.97 Å². The summed E-state index contributed by atoms with van der Waals surface area (Å²) < 4.78 is 0. The lowest BCUT2D eigenvalue weighted by Gasteiger charge is -2.17. The molecule has 2 heterocycles. The van der Waals surface area contributed by atoms with Crippen LogP contribution >= 0.6 is 11.3 Å². The van der Waals surface area contributed by atoms with Crippen LogP contribution in [0.25, 0.3) is 0 Å². The van der Waals surface area contributed by atoms with E-state index in [4.69, 9.17) is 5.11 Å². The molecule has 0 bridgehead atoms. The predicted octanol–water partition coefficient (Wildman–Crippen LogP) is 2.87. The first-order valence-corrected chi connectivity index (χ1v) is 7.39. The second-order valence-corrected chi connectivity index (χ2v) is 5.41. The number of nitrogens with zero attached hydrogens (tertiary/aromatic N) is 2. The molecule has 5 nitrogen and oxygen atoms in total. The summed E-state index contributed by atoms with van der Waals surface area (Å²) in [5, 5.41) is 14.6. The molecular formula is C14H17N3O2S. The van der Waals surface area contributed by atoms with Crippen molar-refractivity contribution in [2.75, 3.05) is 0 Å². The first-order chi connectivity index (χ1) is 9.72. The number of hydrogen-bond acceptors (Lipinski definition) is 5. The van der Waals surface area contributed by atoms with Gasteiger partial charge in [-0.2, -0.15) is 0 Å². The molecule has 6 heteroatoms. The molecule has 0 saturated carbocycles. The number of carboxylic acid groups (broad SMARTS) is 1. The lowest BCUT2D eigenvalue weighted by molar-refractivity contribution is 0.0694. The SMILES string of the molecule is CCCC(NCc1ncncc1C(=O)O)c1cccs1. The molecule has 0 radical (unpaired) electrons. The number of carboxylic acids is 1. The molecular weight excluding hydrogens is 274 g/mol. The Morgan fingerprint density at radius 3 is 3.05 bits per heavy atom. The van der Waals surface area contributed by atoms with Gasteiger partial charge in [-0.05, 0) is 17.9 Å². The van der Waals surface area contributed by atoms with Gasteiger partial charge in [-0.1, -0.05) is 19.4 Å². The molecule has 0 spiro atoms. The number of nitrogens with one attached hydrogen (secondary N) is 1. The minimum Gasteiger partial charge on any atom is -0.478 e. The van der Waals surface area contributed by atoms with Crippen molar-refractivity contribution < 1.29 is 9.90 Å². The largest absolute Gasteiger partial charge is 0.478 e. The summed E-state index contributed by atoms with van der Waals surface area (Å²) in [5.74, 6) is -0.995. The maximum absolute atomic E-state index is 11.1. The highest BCUT2D eigenvalue weighted by Gasteiger charge is 2.15. The zero-order valence-corrected chi connectivity index (χ0v) is 12.1. The molecule has 1 atom stereocenters. The number of hydrogen-bond donors (Lipinski definition) is 2. The third kappa shape index (κ3) is 3.61. The standard InChI is InChI=1S/C14H17N3O2S/c1-2-4-11(13-5-3-6-20-13)16-8-12-10(14(18)19)7-15-9-17-12/h3,5-7,9,11,16H,2,4,8H2,1H3,(H,18,19). The molecule has 20 heavy (non-hydrogen) atoms. The van der Waals surface area contributed by atoms with E-state index in [2.05, 4.69) is 28.3 Å². The van der Waals surface area contributed by atoms with E-state index in [0.717, 1.165) is 12.8 Å². The summed E-state index contributed by atoms with van der Waals surface area (Å²) in [6.45, 7) is 2.56. The fourth-order valence-electron chi connectivity index (χ4n) is 2.02. The quantitative estimate of drug-likeness (QED) is 0.820. The van der Waals surface area contributed by atoms with Gasteiger partial charge in [-0.3, -0.25) is 0 Å². The van der Waals surface area contributed by atoms with E-state index in [1.807, 2.05) is 11.4 Å². The van der Waals surface area contributed by atoms with Crippen molar-refractivity contribution in [1.82, 2.24) is 15.3 Å². The molecule has 2 rings (SSSR count). The smallest absolute Gasteiger partial charge is 0.339 e. The third-order valence-electron chi connectivity index (χ3n) is 3.01. The molecule has 0 saturated heterocycles. The molecule has 0 amide bonds. The average molecular weight is 291 g/mol. The third-order valence-corrected chi connectivity index (χ3v) is 3.99. The minimum atomic E-state index is -0.995. The summed E-state index contributed by atoms with van der Waals surface area (Å²) in [7, 11) is 0. The average Bonchev–Trinajstić information content (AvgIpc) is 2.97. The molecule has 2 aromatic heterocycles. The van der Waals surface area contributed by atoms with Gasteiger partial charge < -0.3 is 10.4 Å². The summed E-state index contributed by atoms with van der Waals surface area (Å²) in [4.78, 5) is 20.2. The van der Waals surface area contributed by atoms with Crippen molar-refractivity contribution >= 4 is 17.3 Å². The number of thiophene rings is 1. The second kappa shape index (κ2) is 7.12. The van der Waals surface area contributed by atoms with E-state index < -0.39 is 5.97 Å². The van der Waals surface area contributed by atoms with E-state index in [-0.39, 0.29) is 11.6 Å². The Labute approximate surface area is 121 Å². The highest BCUT2D eigenvalue weighted by atomic mass is 32.1. The van der Waals surface area contributed by atoms with Gasteiger partial charge in [-0.15, -0.1) is 11.3 Å². The van der Waals surface area contributed by atoms with Crippen molar-refractivity contribution in [1.29, 1.82) is 0 Å². The molecule has 2 N–H and O–H groups in total. The Morgan fingerprint density at radius 1 is 1.55 bits per heavy atom. The molecule has 0 aliphatic carbocycles. The summed E-state index contributed by atoms with van der Waals surface area (Å²) in [6, 6.07) is 4.35. The van der Waals surface area contributed by atoms with Gasteiger partial charge in [-0.25, -0.2) is 14.8 Å². The van der Waals surface area contributed by atoms with Crippen LogP contribution in [0.3, 0.4) is 0 Å². The van der Waals surface area contributed by atoms with E-state index in [9.17, 15) is 4.79 Å². The van der Waals surface area contributed by atoms with Crippen molar-refractivity contribution in [3.8, 4) is 0 Å². The van der Waals surface area contributed by atoms with Gasteiger partial charge in [0.05, 0.1) is 5.69 Å². The van der Waals surface area contributed by atoms with Crippen LogP contribution in [-0.4, -0.2) is 21.0 Å². The van der Waals surface area contributed by atoms with Gasteiger partial charge in [0.1, 0.15) is 11.9 Å². The van der Waals surface area contributed by atoms with Gasteiger partial charge in [0.2, 0.25) is 0 Å². The van der Waals surface area contributed by atoms with E-state index in [0.29, 0.717) is 12.2 Å². The van der Waals surface area contributed by atoms with Crippen LogP contribution in [-0.2, 0) is 6.54 Å². The summed E-state index contributed by atoms with van der Waals surface area (Å²) >= 11 is 1.71. The van der Waals surface area contributed by atoms with Crippen molar-refractivity contribution in [2.24, 2.45) is 0 Å². The molecule has 1 unspecified atom stereocenters. The second-order valence-electron chi connectivity index (χ2n) is 4.43. The highest BCUT2D eigenvalue weighted by molar-refractivity contribution is 7.10. The molecule has 0 aromatic carbocycles. The Kier molecular flexibility index (Phi) is 5.20. The lowest BCUT2D eigenvalue weighted by atomic mass is 10.1. The van der Waals surface area contributed by atoms with Crippen LogP contribution in [0.4, 0.5) is 0 Å². The van der Waals surface area contributed by atoms with Crippen molar-refractivity contribution in [2.45, 2.75) is 32.4 Å². The van der Waals surface area contributed by atoms with Gasteiger partial charge in [0.15, 0.2) is 0 Å². The summed E-state index contributed by atoms with van der Waals surface area (Å²) in [5.41, 5.74) is 0.673. The Bertz CT molecular complexity index is 557. The van der Waals surface area contributed by atoms with Crippen molar-refractivity contribution in [3.63, 3.8) is 0 Å². The Morgan fingerprint density at radius 2 is 2.40 bits per heavy atom. The van der Waals surface area contributed by atoms with Crippen molar-refractivity contribution in [3.05, 3.63) is 46.2 Å². The Hall–Kier alpha value is -1.79. The van der Waals surface area contributed by atoms with E-state index >= 15 is 0 Å². The van der Waals surface area contributed by atoms with E-state index in [1.165, 1.54) is 17.4 Å². The van der Waals surface area contributed by atoms with Gasteiger partial charge in [0.25, 0.3) is 0 Å². The number of aromatic nitrogens is 2. The maximum atomic E-state index is 11.1. The topological polar surface area (TPSA) is 75.1 Å². The van der Waals surface area contributed by atoms with Crippen LogP contribution in [0.5, 0.6) is 0 Å². The molecule has 0 aliphatic rings. The number of carbonyl (C=O) groups is 1. The Balaban J connectivity index is 2.08. The first kappa shape index (κ1) is 14.6. The van der Waals surface area contributed by atoms with Crippen LogP contribution in [0.1, 0.15) is 46.7 Å². The fraction of sp³-hybridized carbons (Fsp3) is 0.357. The van der Waals surface area contributed by atoms with Crippen LogP contribution in [0, 0.1) is 0 Å². The fourth-order valence-corrected chi connectivity index (χ4v) is 2.85. The van der Waals surface area contributed by atoms with Crippen LogP contribution in [0.2, 0.25) is 0 Å². The maximum Gasteiger partial charge on any atom is 0.339 e. The highest BCUT2D eigenvalue weighted by Crippen LogP contribution is 2.23.